The molecule has 4 nitrogen and oxygen atoms in total. The van der Waals surface area contributed by atoms with Crippen molar-refractivity contribution < 1.29 is 4.74 Å². The number of ether oxygens (including phenoxy) is 1. The van der Waals surface area contributed by atoms with E-state index in [-0.39, 0.29) is 6.04 Å². The van der Waals surface area contributed by atoms with Gasteiger partial charge in [-0.1, -0.05) is 6.07 Å². The van der Waals surface area contributed by atoms with Crippen LogP contribution in [-0.2, 0) is 11.2 Å². The lowest BCUT2D eigenvalue weighted by atomic mass is 10.1. The zero-order chi connectivity index (χ0) is 13.8. The lowest BCUT2D eigenvalue weighted by molar-refractivity contribution is 0.0891. The molecule has 1 aliphatic rings. The van der Waals surface area contributed by atoms with Crippen molar-refractivity contribution in [2.45, 2.75) is 45.3 Å². The summed E-state index contributed by atoms with van der Waals surface area (Å²) < 4.78 is 5.47. The van der Waals surface area contributed by atoms with Crippen LogP contribution in [-0.4, -0.2) is 37.3 Å². The van der Waals surface area contributed by atoms with E-state index in [1.807, 2.05) is 13.1 Å². The molecule has 2 rings (SSSR count). The van der Waals surface area contributed by atoms with Crippen LogP contribution in [0.1, 0.15) is 30.9 Å². The average molecular weight is 263 g/mol. The molecule has 106 valence electrons. The number of nitrogens with two attached hydrogens (primary N) is 1. The summed E-state index contributed by atoms with van der Waals surface area (Å²) in [7, 11) is 1.79. The van der Waals surface area contributed by atoms with Crippen LogP contribution in [0.3, 0.4) is 0 Å². The maximum Gasteiger partial charge on any atom is 0.131 e. The third-order valence-corrected chi connectivity index (χ3v) is 3.68. The minimum atomic E-state index is 0.180. The van der Waals surface area contributed by atoms with E-state index in [0.717, 1.165) is 31.7 Å². The van der Waals surface area contributed by atoms with E-state index in [9.17, 15) is 0 Å². The number of methoxy groups -OCH3 is 1. The number of aromatic nitrogens is 1. The number of pyridine rings is 1. The summed E-state index contributed by atoms with van der Waals surface area (Å²) in [5, 5.41) is 0. The zero-order valence-electron chi connectivity index (χ0n) is 12.2. The van der Waals surface area contributed by atoms with Gasteiger partial charge in [-0.3, -0.25) is 0 Å². The second kappa shape index (κ2) is 6.35. The molecule has 1 aromatic heterocycles. The third kappa shape index (κ3) is 3.67. The molecule has 4 heteroatoms. The predicted octanol–water partition coefficient (Wildman–Crippen LogP) is 1.89. The van der Waals surface area contributed by atoms with Gasteiger partial charge in [-0.15, -0.1) is 0 Å². The van der Waals surface area contributed by atoms with Gasteiger partial charge < -0.3 is 15.4 Å². The largest absolute Gasteiger partial charge is 0.380 e. The van der Waals surface area contributed by atoms with Crippen LogP contribution in [0.5, 0.6) is 0 Å². The van der Waals surface area contributed by atoms with E-state index in [0.29, 0.717) is 6.10 Å². The second-order valence-electron chi connectivity index (χ2n) is 5.61. The third-order valence-electron chi connectivity index (χ3n) is 3.68. The highest BCUT2D eigenvalue weighted by Crippen LogP contribution is 2.23. The number of anilines is 1. The first-order chi connectivity index (χ1) is 9.10. The Labute approximate surface area is 116 Å². The minimum absolute atomic E-state index is 0.180. The van der Waals surface area contributed by atoms with Crippen molar-refractivity contribution in [2.24, 2.45) is 5.73 Å². The Morgan fingerprint density at radius 3 is 3.00 bits per heavy atom. The fourth-order valence-corrected chi connectivity index (χ4v) is 2.76. The summed E-state index contributed by atoms with van der Waals surface area (Å²) >= 11 is 0. The first-order valence-electron chi connectivity index (χ1n) is 7.09. The van der Waals surface area contributed by atoms with Crippen LogP contribution in [0.25, 0.3) is 0 Å². The fourth-order valence-electron chi connectivity index (χ4n) is 2.76. The van der Waals surface area contributed by atoms with Crippen molar-refractivity contribution in [3.05, 3.63) is 23.4 Å². The van der Waals surface area contributed by atoms with Gasteiger partial charge in [0.2, 0.25) is 0 Å². The maximum atomic E-state index is 5.84. The first-order valence-corrected chi connectivity index (χ1v) is 7.09. The number of piperidine rings is 1. The molecule has 0 saturated carbocycles. The standard InChI is InChI=1S/C15H25N3O/c1-11-7-13(8-12(2)16)9-17-15(11)18-6-4-5-14(10-18)19-3/h7,9,12,14H,4-6,8,10,16H2,1-3H3. The van der Waals surface area contributed by atoms with Crippen LogP contribution in [0, 0.1) is 6.92 Å². The Balaban J connectivity index is 2.11. The Morgan fingerprint density at radius 2 is 2.37 bits per heavy atom. The van der Waals surface area contributed by atoms with Crippen LogP contribution < -0.4 is 10.6 Å². The van der Waals surface area contributed by atoms with Crippen LogP contribution >= 0.6 is 0 Å². The predicted molar refractivity (Wildman–Crippen MR) is 78.6 cm³/mol. The van der Waals surface area contributed by atoms with E-state index in [4.69, 9.17) is 10.5 Å². The summed E-state index contributed by atoms with van der Waals surface area (Å²) in [6.07, 6.45) is 5.49. The molecule has 1 aliphatic heterocycles. The molecule has 2 atom stereocenters. The topological polar surface area (TPSA) is 51.4 Å². The molecule has 2 unspecified atom stereocenters. The normalized spacial score (nSPS) is 21.5. The zero-order valence-corrected chi connectivity index (χ0v) is 12.2. The smallest absolute Gasteiger partial charge is 0.131 e. The van der Waals surface area contributed by atoms with Gasteiger partial charge in [-0.2, -0.15) is 0 Å². The van der Waals surface area contributed by atoms with Crippen LogP contribution in [0.15, 0.2) is 12.3 Å². The molecule has 0 radical (unpaired) electrons. The molecule has 1 saturated heterocycles. The van der Waals surface area contributed by atoms with Crippen molar-refractivity contribution in [1.29, 1.82) is 0 Å². The number of hydrogen-bond acceptors (Lipinski definition) is 4. The van der Waals surface area contributed by atoms with Crippen molar-refractivity contribution in [1.82, 2.24) is 4.98 Å². The van der Waals surface area contributed by atoms with Gasteiger partial charge in [0.15, 0.2) is 0 Å². The summed E-state index contributed by atoms with van der Waals surface area (Å²) in [4.78, 5) is 6.97. The lowest BCUT2D eigenvalue weighted by Gasteiger charge is -2.33. The van der Waals surface area contributed by atoms with Crippen molar-refractivity contribution in [2.75, 3.05) is 25.1 Å². The van der Waals surface area contributed by atoms with E-state index >= 15 is 0 Å². The molecule has 0 amide bonds. The summed E-state index contributed by atoms with van der Waals surface area (Å²) in [5.74, 6) is 1.09. The molecule has 0 aliphatic carbocycles. The summed E-state index contributed by atoms with van der Waals surface area (Å²) in [6, 6.07) is 2.39. The fraction of sp³-hybridized carbons (Fsp3) is 0.667. The highest BCUT2D eigenvalue weighted by molar-refractivity contribution is 5.48. The van der Waals surface area contributed by atoms with E-state index in [2.05, 4.69) is 22.9 Å². The van der Waals surface area contributed by atoms with E-state index < -0.39 is 0 Å². The molecule has 2 N–H and O–H groups in total. The van der Waals surface area contributed by atoms with Crippen molar-refractivity contribution >= 4 is 5.82 Å². The van der Waals surface area contributed by atoms with Crippen molar-refractivity contribution in [3.8, 4) is 0 Å². The van der Waals surface area contributed by atoms with Crippen LogP contribution in [0.4, 0.5) is 5.82 Å². The second-order valence-corrected chi connectivity index (χ2v) is 5.61. The number of aryl methyl sites for hydroxylation is 1. The SMILES string of the molecule is COC1CCCN(c2ncc(CC(C)N)cc2C)C1. The highest BCUT2D eigenvalue weighted by Gasteiger charge is 2.21. The van der Waals surface area contributed by atoms with Crippen LogP contribution in [0.2, 0.25) is 0 Å². The molecule has 0 aromatic carbocycles. The Hall–Kier alpha value is -1.13. The van der Waals surface area contributed by atoms with Gasteiger partial charge in [-0.05, 0) is 44.2 Å². The Kier molecular flexibility index (Phi) is 4.77. The minimum Gasteiger partial charge on any atom is -0.380 e. The van der Waals surface area contributed by atoms with Gasteiger partial charge in [-0.25, -0.2) is 4.98 Å². The quantitative estimate of drug-likeness (QED) is 0.901. The van der Waals surface area contributed by atoms with Crippen molar-refractivity contribution in [3.63, 3.8) is 0 Å². The number of nitrogens with zero attached hydrogens (tertiary/aromatic N) is 2. The van der Waals surface area contributed by atoms with E-state index in [1.165, 1.54) is 17.5 Å². The molecular formula is C15H25N3O. The molecule has 1 fully saturated rings. The molecule has 0 bridgehead atoms. The summed E-state index contributed by atoms with van der Waals surface area (Å²) in [6.45, 7) is 6.16. The Bertz CT molecular complexity index is 420. The van der Waals surface area contributed by atoms with E-state index in [1.54, 1.807) is 7.11 Å². The van der Waals surface area contributed by atoms with Gasteiger partial charge in [0.1, 0.15) is 5.82 Å². The molecule has 1 aromatic rings. The van der Waals surface area contributed by atoms with Gasteiger partial charge in [0, 0.05) is 32.4 Å². The number of hydrogen-bond donors (Lipinski definition) is 1. The first kappa shape index (κ1) is 14.3. The van der Waals surface area contributed by atoms with Gasteiger partial charge in [0.25, 0.3) is 0 Å². The molecular weight excluding hydrogens is 238 g/mol. The van der Waals surface area contributed by atoms with Gasteiger partial charge in [0.05, 0.1) is 6.10 Å². The average Bonchev–Trinajstić information content (AvgIpc) is 2.38. The lowest BCUT2D eigenvalue weighted by Crippen LogP contribution is -2.40. The monoisotopic (exact) mass is 263 g/mol. The highest BCUT2D eigenvalue weighted by atomic mass is 16.5. The molecule has 0 spiro atoms. The maximum absolute atomic E-state index is 5.84. The Morgan fingerprint density at radius 1 is 1.58 bits per heavy atom. The van der Waals surface area contributed by atoms with Gasteiger partial charge >= 0.3 is 0 Å². The molecule has 2 heterocycles. The number of rotatable bonds is 4. The molecule has 19 heavy (non-hydrogen) atoms. The summed E-state index contributed by atoms with van der Waals surface area (Å²) in [5.41, 5.74) is 8.29.